The van der Waals surface area contributed by atoms with Gasteiger partial charge in [0.15, 0.2) is 12.4 Å². The van der Waals surface area contributed by atoms with Gasteiger partial charge in [-0.15, -0.1) is 0 Å². The van der Waals surface area contributed by atoms with E-state index >= 15 is 0 Å². The Balaban J connectivity index is 1.51. The van der Waals surface area contributed by atoms with Crippen molar-refractivity contribution in [1.29, 1.82) is 0 Å². The van der Waals surface area contributed by atoms with E-state index in [0.717, 1.165) is 38.5 Å². The van der Waals surface area contributed by atoms with Gasteiger partial charge in [0.1, 0.15) is 11.3 Å². The molecule has 1 fully saturated rings. The molecule has 1 heterocycles. The number of nitrogens with zero attached hydrogens (tertiary/aromatic N) is 2. The number of aromatic nitrogens is 2. The molecule has 34 heavy (non-hydrogen) atoms. The number of hydrogen-bond donors (Lipinski definition) is 3. The summed E-state index contributed by atoms with van der Waals surface area (Å²) in [5.74, 6) is 0.895. The van der Waals surface area contributed by atoms with Gasteiger partial charge >= 0.3 is 0 Å². The Morgan fingerprint density at radius 3 is 2.41 bits per heavy atom. The summed E-state index contributed by atoms with van der Waals surface area (Å²) in [6.45, 7) is 3.83. The number of anilines is 1. The third-order valence-corrected chi connectivity index (χ3v) is 5.72. The number of likely N-dealkylation sites (N-methyl/N-ethyl adjacent to an activating group) is 1. The molecule has 0 radical (unpaired) electrons. The smallest absolute Gasteiger partial charge is 0.257 e. The summed E-state index contributed by atoms with van der Waals surface area (Å²) in [6, 6.07) is 6.79. The van der Waals surface area contributed by atoms with Gasteiger partial charge in [-0.05, 0) is 44.0 Å². The first-order chi connectivity index (χ1) is 16.4. The van der Waals surface area contributed by atoms with Crippen LogP contribution < -0.4 is 20.7 Å². The Hall–Kier alpha value is -3.43. The molecule has 3 amide bonds. The van der Waals surface area contributed by atoms with Gasteiger partial charge in [-0.3, -0.25) is 14.4 Å². The largest absolute Gasteiger partial charge is 0.484 e. The summed E-state index contributed by atoms with van der Waals surface area (Å²) in [6.07, 6.45) is 6.22. The van der Waals surface area contributed by atoms with Crippen molar-refractivity contribution in [3.63, 3.8) is 0 Å². The molecular formula is C24H33N5O5. The number of amides is 3. The van der Waals surface area contributed by atoms with Gasteiger partial charge in [-0.25, -0.2) is 0 Å². The minimum atomic E-state index is -0.604. The summed E-state index contributed by atoms with van der Waals surface area (Å²) in [5, 5.41) is 12.7. The van der Waals surface area contributed by atoms with Gasteiger partial charge in [0, 0.05) is 32.0 Å². The monoisotopic (exact) mass is 471 g/mol. The van der Waals surface area contributed by atoms with Crippen LogP contribution in [0.25, 0.3) is 0 Å². The molecule has 3 rings (SSSR count). The highest BCUT2D eigenvalue weighted by molar-refractivity contribution is 5.90. The molecule has 1 aliphatic rings. The molecule has 0 aliphatic heterocycles. The van der Waals surface area contributed by atoms with Crippen molar-refractivity contribution in [2.24, 2.45) is 0 Å². The highest BCUT2D eigenvalue weighted by Gasteiger charge is 2.38. The van der Waals surface area contributed by atoms with E-state index in [2.05, 4.69) is 26.1 Å². The van der Waals surface area contributed by atoms with Gasteiger partial charge in [0.25, 0.3) is 5.91 Å². The van der Waals surface area contributed by atoms with Crippen LogP contribution in [-0.2, 0) is 26.3 Å². The predicted octanol–water partition coefficient (Wildman–Crippen LogP) is 2.84. The fraction of sp³-hybridized carbons (Fsp3) is 0.542. The summed E-state index contributed by atoms with van der Waals surface area (Å²) < 4.78 is 10.8. The van der Waals surface area contributed by atoms with E-state index in [-0.39, 0.29) is 30.7 Å². The summed E-state index contributed by atoms with van der Waals surface area (Å²) in [5.41, 5.74) is 0.0116. The van der Waals surface area contributed by atoms with Crippen LogP contribution >= 0.6 is 0 Å². The Kier molecular flexibility index (Phi) is 9.00. The van der Waals surface area contributed by atoms with Gasteiger partial charge < -0.3 is 25.2 Å². The zero-order chi connectivity index (χ0) is 24.4. The van der Waals surface area contributed by atoms with Crippen molar-refractivity contribution in [3.05, 3.63) is 36.0 Å². The van der Waals surface area contributed by atoms with E-state index in [4.69, 9.17) is 9.26 Å². The molecule has 1 saturated carbocycles. The first-order valence-corrected chi connectivity index (χ1v) is 11.8. The lowest BCUT2D eigenvalue weighted by Gasteiger charge is -2.30. The van der Waals surface area contributed by atoms with Crippen LogP contribution in [0, 0.1) is 0 Å². The number of nitrogens with one attached hydrogen (secondary N) is 3. The maximum atomic E-state index is 12.4. The number of rotatable bonds is 10. The molecule has 0 unspecified atom stereocenters. The van der Waals surface area contributed by atoms with Crippen molar-refractivity contribution in [1.82, 2.24) is 20.8 Å². The topological polar surface area (TPSA) is 135 Å². The average molecular weight is 472 g/mol. The zero-order valence-electron chi connectivity index (χ0n) is 19.8. The lowest BCUT2D eigenvalue weighted by molar-refractivity contribution is -0.123. The molecule has 0 atom stereocenters. The van der Waals surface area contributed by atoms with Crippen LogP contribution in [0.5, 0.6) is 5.75 Å². The van der Waals surface area contributed by atoms with Gasteiger partial charge in [0.05, 0.1) is 0 Å². The first kappa shape index (κ1) is 25.2. The lowest BCUT2D eigenvalue weighted by atomic mass is 9.89. The number of benzene rings is 1. The fourth-order valence-electron chi connectivity index (χ4n) is 4.10. The zero-order valence-corrected chi connectivity index (χ0v) is 19.8. The molecule has 0 saturated heterocycles. The third kappa shape index (κ3) is 7.29. The molecule has 1 aromatic heterocycles. The molecule has 184 valence electrons. The number of hydrogen-bond acceptors (Lipinski definition) is 7. The molecule has 2 aromatic rings. The van der Waals surface area contributed by atoms with E-state index in [1.807, 2.05) is 6.92 Å². The molecule has 1 aromatic carbocycles. The number of aryl methyl sites for hydroxylation is 1. The van der Waals surface area contributed by atoms with E-state index < -0.39 is 5.54 Å². The Morgan fingerprint density at radius 2 is 1.76 bits per heavy atom. The van der Waals surface area contributed by atoms with Gasteiger partial charge in [-0.1, -0.05) is 30.8 Å². The second-order valence-electron chi connectivity index (χ2n) is 8.50. The molecule has 10 nitrogen and oxygen atoms in total. The van der Waals surface area contributed by atoms with Crippen LogP contribution in [0.2, 0.25) is 0 Å². The van der Waals surface area contributed by atoms with Crippen LogP contribution in [0.15, 0.2) is 28.8 Å². The number of ether oxygens (including phenoxy) is 1. The molecular weight excluding hydrogens is 438 g/mol. The number of carbonyl (C=O) groups is 3. The highest BCUT2D eigenvalue weighted by atomic mass is 16.5. The van der Waals surface area contributed by atoms with Crippen molar-refractivity contribution >= 4 is 23.4 Å². The van der Waals surface area contributed by atoms with Gasteiger partial charge in [-0.2, -0.15) is 4.98 Å². The molecule has 0 spiro atoms. The Bertz CT molecular complexity index is 964. The average Bonchev–Trinajstić information content (AvgIpc) is 3.17. The molecule has 10 heteroatoms. The van der Waals surface area contributed by atoms with E-state index in [0.29, 0.717) is 36.1 Å². The van der Waals surface area contributed by atoms with Gasteiger partial charge in [0.2, 0.25) is 17.7 Å². The summed E-state index contributed by atoms with van der Waals surface area (Å²) in [7, 11) is 0. The van der Waals surface area contributed by atoms with E-state index in [9.17, 15) is 14.4 Å². The van der Waals surface area contributed by atoms with Crippen LogP contribution in [-0.4, -0.2) is 41.0 Å². The van der Waals surface area contributed by atoms with E-state index in [1.165, 1.54) is 6.92 Å². The Labute approximate surface area is 199 Å². The Morgan fingerprint density at radius 1 is 1.06 bits per heavy atom. The van der Waals surface area contributed by atoms with Crippen molar-refractivity contribution < 1.29 is 23.6 Å². The third-order valence-electron chi connectivity index (χ3n) is 5.72. The normalized spacial score (nSPS) is 15.1. The lowest BCUT2D eigenvalue weighted by Crippen LogP contribution is -2.45. The van der Waals surface area contributed by atoms with E-state index in [1.54, 1.807) is 24.3 Å². The number of carbonyl (C=O) groups excluding carboxylic acids is 3. The second kappa shape index (κ2) is 12.2. The van der Waals surface area contributed by atoms with Crippen molar-refractivity contribution in [2.45, 2.75) is 70.8 Å². The molecule has 1 aliphatic carbocycles. The highest BCUT2D eigenvalue weighted by Crippen LogP contribution is 2.34. The minimum absolute atomic E-state index is 0.0606. The van der Waals surface area contributed by atoms with Crippen LogP contribution in [0.1, 0.15) is 70.5 Å². The van der Waals surface area contributed by atoms with Crippen molar-refractivity contribution in [3.8, 4) is 5.75 Å². The van der Waals surface area contributed by atoms with Crippen LogP contribution in [0.3, 0.4) is 0 Å². The SMILES string of the molecule is CCNC(=O)COc1ccc(NC(=O)CCc2nc(C3(NC(C)=O)CCCCCC3)no2)cc1. The van der Waals surface area contributed by atoms with Crippen molar-refractivity contribution in [2.75, 3.05) is 18.5 Å². The quantitative estimate of drug-likeness (QED) is 0.453. The maximum absolute atomic E-state index is 12.4. The molecule has 3 N–H and O–H groups in total. The fourth-order valence-corrected chi connectivity index (χ4v) is 4.10. The van der Waals surface area contributed by atoms with Crippen LogP contribution in [0.4, 0.5) is 5.69 Å². The summed E-state index contributed by atoms with van der Waals surface area (Å²) >= 11 is 0. The minimum Gasteiger partial charge on any atom is -0.484 e. The predicted molar refractivity (Wildman–Crippen MR) is 125 cm³/mol. The first-order valence-electron chi connectivity index (χ1n) is 11.8. The summed E-state index contributed by atoms with van der Waals surface area (Å²) in [4.78, 5) is 40.2. The maximum Gasteiger partial charge on any atom is 0.257 e. The standard InChI is InChI=1S/C24H33N5O5/c1-3-25-21(32)16-33-19-10-8-18(9-11-19)26-20(31)12-13-22-27-23(29-34-22)24(28-17(2)30)14-6-4-5-7-15-24/h8-11H,3-7,12-16H2,1-2H3,(H,25,32)(H,26,31)(H,28,30). The second-order valence-corrected chi connectivity index (χ2v) is 8.50. The molecule has 0 bridgehead atoms.